The number of carbonyl (C=O) groups excluding carboxylic acids is 1. The van der Waals surface area contributed by atoms with Gasteiger partial charge in [-0.05, 0) is 43.7 Å². The summed E-state index contributed by atoms with van der Waals surface area (Å²) in [5, 5.41) is 11.5. The third-order valence-electron chi connectivity index (χ3n) is 5.75. The third-order valence-corrected chi connectivity index (χ3v) is 7.79. The van der Waals surface area contributed by atoms with Crippen molar-refractivity contribution in [2.45, 2.75) is 57.4 Å². The van der Waals surface area contributed by atoms with E-state index in [1.165, 1.54) is 16.4 Å². The highest BCUT2D eigenvalue weighted by Crippen LogP contribution is 2.31. The highest BCUT2D eigenvalue weighted by Gasteiger charge is 2.28. The zero-order chi connectivity index (χ0) is 22.5. The lowest BCUT2D eigenvalue weighted by molar-refractivity contribution is -0.386. The second kappa shape index (κ2) is 10.2. The average Bonchev–Trinajstić information content (AvgIpc) is 2.72. The second-order valence-electron chi connectivity index (χ2n) is 7.68. The largest absolute Gasteiger partial charge is 0.477 e. The Morgan fingerprint density at radius 3 is 2.33 bits per heavy atom. The number of sulfonamides is 1. The van der Waals surface area contributed by atoms with E-state index in [1.807, 2.05) is 0 Å². The SMILES string of the molecule is CCN(CC)S(=O)(=O)c1ccc(OCC(=O)N(C)C2CCC(C)CC2)c([N+](=O)[O-])c1. The van der Waals surface area contributed by atoms with Gasteiger partial charge >= 0.3 is 5.69 Å². The van der Waals surface area contributed by atoms with Crippen molar-refractivity contribution >= 4 is 21.6 Å². The molecule has 1 amide bonds. The summed E-state index contributed by atoms with van der Waals surface area (Å²) >= 11 is 0. The number of hydrogen-bond donors (Lipinski definition) is 0. The molecule has 2 rings (SSSR count). The van der Waals surface area contributed by atoms with Crippen LogP contribution in [0.1, 0.15) is 46.5 Å². The predicted octanol–water partition coefficient (Wildman–Crippen LogP) is 3.04. The van der Waals surface area contributed by atoms with Gasteiger partial charge in [0.05, 0.1) is 9.82 Å². The van der Waals surface area contributed by atoms with Crippen LogP contribution >= 0.6 is 0 Å². The topological polar surface area (TPSA) is 110 Å². The fourth-order valence-electron chi connectivity index (χ4n) is 3.71. The Labute approximate surface area is 178 Å². The van der Waals surface area contributed by atoms with Crippen LogP contribution < -0.4 is 4.74 Å². The fraction of sp³-hybridized carbons (Fsp3) is 0.650. The number of amides is 1. The quantitative estimate of drug-likeness (QED) is 0.430. The van der Waals surface area contributed by atoms with E-state index in [4.69, 9.17) is 4.74 Å². The van der Waals surface area contributed by atoms with E-state index < -0.39 is 20.6 Å². The van der Waals surface area contributed by atoms with Crippen molar-refractivity contribution in [1.29, 1.82) is 0 Å². The minimum Gasteiger partial charge on any atom is -0.477 e. The van der Waals surface area contributed by atoms with Gasteiger partial charge in [-0.2, -0.15) is 4.31 Å². The zero-order valence-electron chi connectivity index (χ0n) is 18.0. The van der Waals surface area contributed by atoms with E-state index in [0.717, 1.165) is 31.7 Å². The molecule has 0 N–H and O–H groups in total. The van der Waals surface area contributed by atoms with Gasteiger partial charge in [0.25, 0.3) is 5.91 Å². The van der Waals surface area contributed by atoms with Crippen molar-refractivity contribution in [3.8, 4) is 5.75 Å². The maximum Gasteiger partial charge on any atom is 0.312 e. The lowest BCUT2D eigenvalue weighted by Gasteiger charge is -2.33. The van der Waals surface area contributed by atoms with E-state index in [-0.39, 0.29) is 42.3 Å². The number of rotatable bonds is 9. The molecule has 168 valence electrons. The normalized spacial score (nSPS) is 19.5. The van der Waals surface area contributed by atoms with Crippen molar-refractivity contribution in [3.63, 3.8) is 0 Å². The van der Waals surface area contributed by atoms with Gasteiger partial charge in [0.2, 0.25) is 10.0 Å². The van der Waals surface area contributed by atoms with Gasteiger partial charge in [-0.25, -0.2) is 8.42 Å². The molecule has 0 bridgehead atoms. The summed E-state index contributed by atoms with van der Waals surface area (Å²) in [6, 6.07) is 3.64. The van der Waals surface area contributed by atoms with Crippen molar-refractivity contribution in [1.82, 2.24) is 9.21 Å². The van der Waals surface area contributed by atoms with Crippen LogP contribution in [0.3, 0.4) is 0 Å². The van der Waals surface area contributed by atoms with Crippen molar-refractivity contribution in [3.05, 3.63) is 28.3 Å². The monoisotopic (exact) mass is 441 g/mol. The Morgan fingerprint density at radius 1 is 1.20 bits per heavy atom. The van der Waals surface area contributed by atoms with E-state index in [1.54, 1.807) is 25.8 Å². The highest BCUT2D eigenvalue weighted by molar-refractivity contribution is 7.89. The third kappa shape index (κ3) is 5.48. The maximum atomic E-state index is 12.6. The molecule has 0 aromatic heterocycles. The molecular formula is C20H31N3O6S. The standard InChI is InChI=1S/C20H31N3O6S/c1-5-22(6-2)30(27,28)17-11-12-19(18(13-17)23(25)26)29-14-20(24)21(4)16-9-7-15(3)8-10-16/h11-13,15-16H,5-10,14H2,1-4H3. The van der Waals surface area contributed by atoms with Crippen LogP contribution in [0.4, 0.5) is 5.69 Å². The Kier molecular flexibility index (Phi) is 8.19. The molecule has 1 fully saturated rings. The number of likely N-dealkylation sites (N-methyl/N-ethyl adjacent to an activating group) is 1. The molecule has 30 heavy (non-hydrogen) atoms. The predicted molar refractivity (Wildman–Crippen MR) is 113 cm³/mol. The van der Waals surface area contributed by atoms with Crippen molar-refractivity contribution < 1.29 is 22.9 Å². The average molecular weight is 442 g/mol. The number of hydrogen-bond acceptors (Lipinski definition) is 6. The zero-order valence-corrected chi connectivity index (χ0v) is 18.9. The molecule has 0 saturated heterocycles. The molecule has 1 aromatic carbocycles. The summed E-state index contributed by atoms with van der Waals surface area (Å²) in [6.07, 6.45) is 4.00. The summed E-state index contributed by atoms with van der Waals surface area (Å²) < 4.78 is 31.9. The van der Waals surface area contributed by atoms with Crippen LogP contribution in [0.25, 0.3) is 0 Å². The molecular weight excluding hydrogens is 410 g/mol. The van der Waals surface area contributed by atoms with E-state index >= 15 is 0 Å². The number of nitrogens with zero attached hydrogens (tertiary/aromatic N) is 3. The summed E-state index contributed by atoms with van der Waals surface area (Å²) in [6.45, 7) is 5.76. The summed E-state index contributed by atoms with van der Waals surface area (Å²) in [7, 11) is -2.12. The summed E-state index contributed by atoms with van der Waals surface area (Å²) in [5.74, 6) is 0.274. The molecule has 10 heteroatoms. The smallest absolute Gasteiger partial charge is 0.312 e. The van der Waals surface area contributed by atoms with Crippen LogP contribution in [0.2, 0.25) is 0 Å². The van der Waals surface area contributed by atoms with E-state index in [2.05, 4.69) is 6.92 Å². The Bertz CT molecular complexity index is 861. The van der Waals surface area contributed by atoms with Gasteiger partial charge in [0, 0.05) is 32.2 Å². The minimum atomic E-state index is -3.84. The first kappa shape index (κ1) is 24.1. The van der Waals surface area contributed by atoms with Crippen LogP contribution in [-0.4, -0.2) is 61.2 Å². The molecule has 1 aliphatic carbocycles. The minimum absolute atomic E-state index is 0.127. The van der Waals surface area contributed by atoms with Gasteiger partial charge in [0.15, 0.2) is 12.4 Å². The van der Waals surface area contributed by atoms with Gasteiger partial charge in [-0.15, -0.1) is 0 Å². The van der Waals surface area contributed by atoms with Crippen molar-refractivity contribution in [2.24, 2.45) is 5.92 Å². The first-order chi connectivity index (χ1) is 14.1. The summed E-state index contributed by atoms with van der Waals surface area (Å²) in [5.41, 5.74) is -0.481. The van der Waals surface area contributed by atoms with Gasteiger partial charge in [-0.3, -0.25) is 14.9 Å². The highest BCUT2D eigenvalue weighted by atomic mass is 32.2. The number of carbonyl (C=O) groups is 1. The first-order valence-corrected chi connectivity index (χ1v) is 11.7. The number of nitro groups is 1. The molecule has 9 nitrogen and oxygen atoms in total. The molecule has 0 atom stereocenters. The molecule has 1 aliphatic rings. The lowest BCUT2D eigenvalue weighted by atomic mass is 9.87. The Hall–Kier alpha value is -2.20. The molecule has 0 radical (unpaired) electrons. The second-order valence-corrected chi connectivity index (χ2v) is 9.62. The van der Waals surface area contributed by atoms with Crippen LogP contribution in [0, 0.1) is 16.0 Å². The molecule has 0 aliphatic heterocycles. The summed E-state index contributed by atoms with van der Waals surface area (Å²) in [4.78, 5) is 24.8. The number of benzene rings is 1. The van der Waals surface area contributed by atoms with Gasteiger partial charge < -0.3 is 9.64 Å². The van der Waals surface area contributed by atoms with Crippen LogP contribution in [0.5, 0.6) is 5.75 Å². The Balaban J connectivity index is 2.14. The molecule has 1 aromatic rings. The molecule has 1 saturated carbocycles. The Morgan fingerprint density at radius 2 is 1.80 bits per heavy atom. The maximum absolute atomic E-state index is 12.6. The van der Waals surface area contributed by atoms with Crippen molar-refractivity contribution in [2.75, 3.05) is 26.7 Å². The molecule has 0 spiro atoms. The fourth-order valence-corrected chi connectivity index (χ4v) is 5.19. The van der Waals surface area contributed by atoms with Gasteiger partial charge in [-0.1, -0.05) is 20.8 Å². The number of ether oxygens (including phenoxy) is 1. The van der Waals surface area contributed by atoms with Crippen LogP contribution in [-0.2, 0) is 14.8 Å². The molecule has 0 heterocycles. The molecule has 0 unspecified atom stereocenters. The van der Waals surface area contributed by atoms with E-state index in [0.29, 0.717) is 5.92 Å². The lowest BCUT2D eigenvalue weighted by Crippen LogP contribution is -2.41. The number of nitro benzene ring substituents is 1. The van der Waals surface area contributed by atoms with Gasteiger partial charge in [0.1, 0.15) is 0 Å². The first-order valence-electron chi connectivity index (χ1n) is 10.3. The van der Waals surface area contributed by atoms with E-state index in [9.17, 15) is 23.3 Å². The van der Waals surface area contributed by atoms with Crippen LogP contribution in [0.15, 0.2) is 23.1 Å².